The molecule has 154 valence electrons. The molecule has 0 spiro atoms. The summed E-state index contributed by atoms with van der Waals surface area (Å²) in [4.78, 5) is 32.5. The van der Waals surface area contributed by atoms with E-state index < -0.39 is 5.25 Å². The molecule has 0 aliphatic heterocycles. The summed E-state index contributed by atoms with van der Waals surface area (Å²) in [5.74, 6) is -0.114. The van der Waals surface area contributed by atoms with Crippen LogP contribution < -0.4 is 10.9 Å². The van der Waals surface area contributed by atoms with Crippen LogP contribution in [-0.2, 0) is 11.3 Å². The fourth-order valence-electron chi connectivity index (χ4n) is 3.15. The minimum Gasteiger partial charge on any atom is -0.325 e. The minimum atomic E-state index is -0.400. The van der Waals surface area contributed by atoms with Crippen LogP contribution >= 0.6 is 34.4 Å². The predicted octanol–water partition coefficient (Wildman–Crippen LogP) is 5.63. The Morgan fingerprint density at radius 1 is 1.23 bits per heavy atom. The summed E-state index contributed by atoms with van der Waals surface area (Å²) in [5, 5.41) is 7.80. The highest BCUT2D eigenvalue weighted by molar-refractivity contribution is 8.00. The molecule has 0 bridgehead atoms. The van der Waals surface area contributed by atoms with Gasteiger partial charge in [-0.15, -0.1) is 22.7 Å². The number of para-hydroxylation sites is 1. The number of thioether (sulfide) groups is 1. The number of amides is 1. The number of anilines is 1. The van der Waals surface area contributed by atoms with E-state index in [1.807, 2.05) is 67.9 Å². The summed E-state index contributed by atoms with van der Waals surface area (Å²) in [6.07, 6.45) is 0. The second-order valence-corrected chi connectivity index (χ2v) is 9.93. The van der Waals surface area contributed by atoms with Gasteiger partial charge in [-0.1, -0.05) is 36.0 Å². The lowest BCUT2D eigenvalue weighted by Gasteiger charge is -2.15. The van der Waals surface area contributed by atoms with Gasteiger partial charge in [-0.2, -0.15) is 0 Å². The Kier molecular flexibility index (Phi) is 6.08. The number of carbonyl (C=O) groups excluding carboxylic acids is 1. The van der Waals surface area contributed by atoms with Crippen LogP contribution in [0.5, 0.6) is 0 Å². The maximum absolute atomic E-state index is 13.3. The maximum Gasteiger partial charge on any atom is 0.263 e. The Balaban J connectivity index is 1.65. The Hall–Kier alpha value is -2.42. The molecule has 0 saturated heterocycles. The summed E-state index contributed by atoms with van der Waals surface area (Å²) in [7, 11) is 0. The average molecular weight is 456 g/mol. The van der Waals surface area contributed by atoms with Gasteiger partial charge in [-0.3, -0.25) is 14.2 Å². The van der Waals surface area contributed by atoms with E-state index in [1.54, 1.807) is 15.9 Å². The third kappa shape index (κ3) is 3.95. The molecule has 4 rings (SSSR count). The van der Waals surface area contributed by atoms with Gasteiger partial charge in [-0.05, 0) is 43.8 Å². The van der Waals surface area contributed by atoms with E-state index in [4.69, 9.17) is 4.98 Å². The number of nitrogens with one attached hydrogen (secondary N) is 1. The number of fused-ring (bicyclic) bond motifs is 1. The number of nitrogens with zero attached hydrogens (tertiary/aromatic N) is 2. The van der Waals surface area contributed by atoms with Gasteiger partial charge >= 0.3 is 0 Å². The molecule has 3 aromatic heterocycles. The Morgan fingerprint density at radius 2 is 2.03 bits per heavy atom. The molecule has 1 atom stereocenters. The number of rotatable bonds is 6. The van der Waals surface area contributed by atoms with E-state index in [9.17, 15) is 9.59 Å². The van der Waals surface area contributed by atoms with E-state index in [2.05, 4.69) is 5.32 Å². The molecule has 8 heteroatoms. The summed E-state index contributed by atoms with van der Waals surface area (Å²) in [6.45, 7) is 6.21. The van der Waals surface area contributed by atoms with Crippen LogP contribution in [0, 0.1) is 6.92 Å². The summed E-state index contributed by atoms with van der Waals surface area (Å²) < 4.78 is 1.66. The average Bonchev–Trinajstić information content (AvgIpc) is 3.39. The highest BCUT2D eigenvalue weighted by Gasteiger charge is 2.21. The zero-order chi connectivity index (χ0) is 21.3. The predicted molar refractivity (Wildman–Crippen MR) is 128 cm³/mol. The number of thiophene rings is 2. The van der Waals surface area contributed by atoms with E-state index in [1.165, 1.54) is 23.1 Å². The van der Waals surface area contributed by atoms with Gasteiger partial charge < -0.3 is 5.32 Å². The molecule has 0 radical (unpaired) electrons. The van der Waals surface area contributed by atoms with Gasteiger partial charge in [0.05, 0.1) is 10.6 Å². The van der Waals surface area contributed by atoms with Crippen LogP contribution in [0.1, 0.15) is 19.4 Å². The smallest absolute Gasteiger partial charge is 0.263 e. The molecular formula is C22H21N3O2S3. The first kappa shape index (κ1) is 20.8. The van der Waals surface area contributed by atoms with E-state index >= 15 is 0 Å². The lowest BCUT2D eigenvalue weighted by atomic mass is 10.2. The zero-order valence-electron chi connectivity index (χ0n) is 16.8. The SMILES string of the molecule is CCn1c(SC(C)C(=O)Nc2ccccc2C)nc2scc(-c3cccs3)c2c1=O. The van der Waals surface area contributed by atoms with Gasteiger partial charge in [0.1, 0.15) is 4.83 Å². The largest absolute Gasteiger partial charge is 0.325 e. The Bertz CT molecular complexity index is 1260. The lowest BCUT2D eigenvalue weighted by Crippen LogP contribution is -2.26. The van der Waals surface area contributed by atoms with E-state index in [0.29, 0.717) is 21.9 Å². The molecule has 0 saturated carbocycles. The number of aryl methyl sites for hydroxylation is 1. The number of benzene rings is 1. The highest BCUT2D eigenvalue weighted by Crippen LogP contribution is 2.35. The molecule has 1 amide bonds. The third-order valence-electron chi connectivity index (χ3n) is 4.82. The third-order valence-corrected chi connectivity index (χ3v) is 7.68. The normalized spacial score (nSPS) is 12.2. The van der Waals surface area contributed by atoms with Gasteiger partial charge in [0.25, 0.3) is 5.56 Å². The van der Waals surface area contributed by atoms with Crippen molar-refractivity contribution in [3.05, 3.63) is 63.1 Å². The minimum absolute atomic E-state index is 0.0545. The zero-order valence-corrected chi connectivity index (χ0v) is 19.3. The molecule has 1 unspecified atom stereocenters. The van der Waals surface area contributed by atoms with E-state index in [-0.39, 0.29) is 11.5 Å². The summed E-state index contributed by atoms with van der Waals surface area (Å²) in [5.41, 5.74) is 2.69. The van der Waals surface area contributed by atoms with Crippen molar-refractivity contribution in [2.45, 2.75) is 37.7 Å². The topological polar surface area (TPSA) is 64.0 Å². The van der Waals surface area contributed by atoms with Crippen molar-refractivity contribution in [2.24, 2.45) is 0 Å². The van der Waals surface area contributed by atoms with Crippen LogP contribution in [0.15, 0.2) is 57.1 Å². The summed E-state index contributed by atoms with van der Waals surface area (Å²) >= 11 is 4.39. The van der Waals surface area contributed by atoms with Crippen molar-refractivity contribution in [1.82, 2.24) is 9.55 Å². The molecule has 1 N–H and O–H groups in total. The molecule has 0 aliphatic rings. The second kappa shape index (κ2) is 8.75. The first-order chi connectivity index (χ1) is 14.5. The van der Waals surface area contributed by atoms with Crippen LogP contribution in [0.2, 0.25) is 0 Å². The monoisotopic (exact) mass is 455 g/mol. The van der Waals surface area contributed by atoms with Gasteiger partial charge in [0, 0.05) is 28.1 Å². The van der Waals surface area contributed by atoms with Crippen molar-refractivity contribution in [3.8, 4) is 10.4 Å². The van der Waals surface area contributed by atoms with Crippen molar-refractivity contribution < 1.29 is 4.79 Å². The maximum atomic E-state index is 13.3. The molecule has 30 heavy (non-hydrogen) atoms. The first-order valence-corrected chi connectivity index (χ1v) is 12.2. The van der Waals surface area contributed by atoms with E-state index in [0.717, 1.165) is 21.7 Å². The standard InChI is InChI=1S/C22H21N3O2S3/c1-4-25-21(27)18-15(17-10-7-11-28-17)12-29-20(18)24-22(25)30-14(3)19(26)23-16-9-6-5-8-13(16)2/h5-12,14H,4H2,1-3H3,(H,23,26). The Labute approximate surface area is 186 Å². The Morgan fingerprint density at radius 3 is 2.73 bits per heavy atom. The molecule has 3 heterocycles. The fraction of sp³-hybridized carbons (Fsp3) is 0.227. The lowest BCUT2D eigenvalue weighted by molar-refractivity contribution is -0.115. The fourth-order valence-corrected chi connectivity index (χ4v) is 5.92. The molecule has 4 aromatic rings. The van der Waals surface area contributed by atoms with Gasteiger partial charge in [0.15, 0.2) is 5.16 Å². The molecular weight excluding hydrogens is 434 g/mol. The van der Waals surface area contributed by atoms with Crippen molar-refractivity contribution in [3.63, 3.8) is 0 Å². The second-order valence-electron chi connectivity index (χ2n) is 6.81. The van der Waals surface area contributed by atoms with Crippen LogP contribution in [0.3, 0.4) is 0 Å². The molecule has 0 aliphatic carbocycles. The first-order valence-electron chi connectivity index (χ1n) is 9.58. The van der Waals surface area contributed by atoms with Crippen LogP contribution in [0.4, 0.5) is 5.69 Å². The number of hydrogen-bond donors (Lipinski definition) is 1. The molecule has 1 aromatic carbocycles. The van der Waals surface area contributed by atoms with Crippen molar-refractivity contribution in [2.75, 3.05) is 5.32 Å². The number of aromatic nitrogens is 2. The van der Waals surface area contributed by atoms with Crippen molar-refractivity contribution in [1.29, 1.82) is 0 Å². The van der Waals surface area contributed by atoms with Crippen LogP contribution in [-0.4, -0.2) is 20.7 Å². The van der Waals surface area contributed by atoms with Crippen molar-refractivity contribution >= 4 is 56.2 Å². The van der Waals surface area contributed by atoms with Gasteiger partial charge in [0.2, 0.25) is 5.91 Å². The molecule has 5 nitrogen and oxygen atoms in total. The quantitative estimate of drug-likeness (QED) is 0.302. The highest BCUT2D eigenvalue weighted by atomic mass is 32.2. The molecule has 0 fully saturated rings. The van der Waals surface area contributed by atoms with Crippen LogP contribution in [0.25, 0.3) is 20.7 Å². The number of carbonyl (C=O) groups is 1. The summed E-state index contributed by atoms with van der Waals surface area (Å²) in [6, 6.07) is 11.7. The number of hydrogen-bond acceptors (Lipinski definition) is 6. The van der Waals surface area contributed by atoms with Gasteiger partial charge in [-0.25, -0.2) is 4.98 Å².